The van der Waals surface area contributed by atoms with Gasteiger partial charge in [0.25, 0.3) is 5.91 Å². The molecule has 12 heteroatoms. The smallest absolute Gasteiger partial charge is 0.337 e. The number of nitrogens with one attached hydrogen (secondary N) is 2. The van der Waals surface area contributed by atoms with E-state index in [2.05, 4.69) is 20.4 Å². The van der Waals surface area contributed by atoms with E-state index >= 15 is 0 Å². The molecule has 0 aliphatic heterocycles. The van der Waals surface area contributed by atoms with E-state index in [1.54, 1.807) is 29.6 Å². The van der Waals surface area contributed by atoms with Gasteiger partial charge >= 0.3 is 5.97 Å². The van der Waals surface area contributed by atoms with Crippen molar-refractivity contribution in [3.63, 3.8) is 0 Å². The number of hydrogen-bond acceptors (Lipinski definition) is 8. The van der Waals surface area contributed by atoms with E-state index in [1.807, 2.05) is 0 Å². The van der Waals surface area contributed by atoms with Crippen LogP contribution in [-0.4, -0.2) is 63.2 Å². The van der Waals surface area contributed by atoms with Crippen molar-refractivity contribution in [2.24, 2.45) is 0 Å². The fourth-order valence-corrected chi connectivity index (χ4v) is 4.48. The molecule has 2 N–H and O–H groups in total. The molecule has 0 aliphatic carbocycles. The Morgan fingerprint density at radius 2 is 1.76 bits per heavy atom. The van der Waals surface area contributed by atoms with Crippen molar-refractivity contribution in [1.29, 1.82) is 0 Å². The number of amides is 2. The van der Waals surface area contributed by atoms with Crippen LogP contribution in [0.5, 0.6) is 0 Å². The highest BCUT2D eigenvalue weighted by molar-refractivity contribution is 7.89. The van der Waals surface area contributed by atoms with Crippen LogP contribution in [-0.2, 0) is 19.6 Å². The van der Waals surface area contributed by atoms with Crippen LogP contribution >= 0.6 is 11.3 Å². The highest BCUT2D eigenvalue weighted by atomic mass is 32.2. The molecular formula is C22H22N4O6S2. The van der Waals surface area contributed by atoms with Crippen LogP contribution in [0.2, 0.25) is 0 Å². The van der Waals surface area contributed by atoms with Gasteiger partial charge in [0.05, 0.1) is 29.8 Å². The summed E-state index contributed by atoms with van der Waals surface area (Å²) in [5.41, 5.74) is 1.89. The number of sulfonamides is 1. The first-order valence-electron chi connectivity index (χ1n) is 9.86. The molecule has 2 amide bonds. The number of thiazole rings is 1. The Bertz CT molecular complexity index is 1320. The third-order valence-corrected chi connectivity index (χ3v) is 7.21. The van der Waals surface area contributed by atoms with E-state index in [-0.39, 0.29) is 17.0 Å². The van der Waals surface area contributed by atoms with Crippen molar-refractivity contribution in [1.82, 2.24) is 14.6 Å². The van der Waals surface area contributed by atoms with Crippen molar-refractivity contribution in [2.45, 2.75) is 4.90 Å². The molecule has 10 nitrogen and oxygen atoms in total. The van der Waals surface area contributed by atoms with Gasteiger partial charge in [-0.1, -0.05) is 18.2 Å². The number of carbonyl (C=O) groups excluding carboxylic acids is 3. The van der Waals surface area contributed by atoms with Gasteiger partial charge in [0.2, 0.25) is 15.9 Å². The standard InChI is InChI=1S/C22H22N4O6S2/c1-26(2)34(30,31)17-6-4-5-16(11-17)20(28)23-12-19(27)25-22-24-18(13-33-22)14-7-9-15(10-8-14)21(29)32-3/h4-11,13H,12H2,1-3H3,(H,23,28)(H,24,25,27). The molecule has 0 spiro atoms. The number of rotatable bonds is 8. The summed E-state index contributed by atoms with van der Waals surface area (Å²) in [5.74, 6) is -1.52. The van der Waals surface area contributed by atoms with E-state index in [0.717, 1.165) is 9.87 Å². The topological polar surface area (TPSA) is 135 Å². The molecule has 0 saturated carbocycles. The summed E-state index contributed by atoms with van der Waals surface area (Å²) in [5, 5.41) is 7.15. The number of ether oxygens (including phenoxy) is 1. The monoisotopic (exact) mass is 502 g/mol. The van der Waals surface area contributed by atoms with E-state index < -0.39 is 27.8 Å². The molecule has 0 unspecified atom stereocenters. The summed E-state index contributed by atoms with van der Waals surface area (Å²) in [6.45, 7) is -0.327. The number of esters is 1. The number of aromatic nitrogens is 1. The molecular weight excluding hydrogens is 480 g/mol. The van der Waals surface area contributed by atoms with Crippen LogP contribution in [0.4, 0.5) is 5.13 Å². The Morgan fingerprint density at radius 3 is 2.41 bits per heavy atom. The quantitative estimate of drug-likeness (QED) is 0.451. The van der Waals surface area contributed by atoms with Gasteiger partial charge in [-0.05, 0) is 30.3 Å². The predicted octanol–water partition coefficient (Wildman–Crippen LogP) is 2.22. The highest BCUT2D eigenvalue weighted by Crippen LogP contribution is 2.25. The largest absolute Gasteiger partial charge is 0.465 e. The zero-order valence-electron chi connectivity index (χ0n) is 18.6. The second-order valence-corrected chi connectivity index (χ2v) is 10.2. The summed E-state index contributed by atoms with van der Waals surface area (Å²) in [7, 11) is 0.410. The number of nitrogens with zero attached hydrogens (tertiary/aromatic N) is 2. The number of hydrogen-bond donors (Lipinski definition) is 2. The SMILES string of the molecule is COC(=O)c1ccc(-c2csc(NC(=O)CNC(=O)c3cccc(S(=O)(=O)N(C)C)c3)n2)cc1. The van der Waals surface area contributed by atoms with Gasteiger partial charge in [0.15, 0.2) is 5.13 Å². The molecule has 1 heterocycles. The van der Waals surface area contributed by atoms with Crippen molar-refractivity contribution in [3.8, 4) is 11.3 Å². The third kappa shape index (κ3) is 5.84. The Kier molecular flexibility index (Phi) is 7.76. The second-order valence-electron chi connectivity index (χ2n) is 7.15. The molecule has 34 heavy (non-hydrogen) atoms. The fraction of sp³-hybridized carbons (Fsp3) is 0.182. The van der Waals surface area contributed by atoms with Crippen LogP contribution < -0.4 is 10.6 Å². The van der Waals surface area contributed by atoms with Gasteiger partial charge in [0, 0.05) is 30.6 Å². The Hall–Kier alpha value is -3.61. The van der Waals surface area contributed by atoms with Crippen LogP contribution in [0.25, 0.3) is 11.3 Å². The van der Waals surface area contributed by atoms with Gasteiger partial charge in [-0.15, -0.1) is 11.3 Å². The maximum absolute atomic E-state index is 12.4. The Labute approximate surface area is 200 Å². The van der Waals surface area contributed by atoms with Crippen LogP contribution in [0.3, 0.4) is 0 Å². The average molecular weight is 503 g/mol. The van der Waals surface area contributed by atoms with Crippen molar-refractivity contribution in [2.75, 3.05) is 33.1 Å². The lowest BCUT2D eigenvalue weighted by molar-refractivity contribution is -0.115. The zero-order chi connectivity index (χ0) is 24.9. The normalized spacial score (nSPS) is 11.2. The zero-order valence-corrected chi connectivity index (χ0v) is 20.2. The molecule has 0 bridgehead atoms. The first-order valence-corrected chi connectivity index (χ1v) is 12.2. The minimum Gasteiger partial charge on any atom is -0.465 e. The average Bonchev–Trinajstić information content (AvgIpc) is 3.30. The maximum atomic E-state index is 12.4. The van der Waals surface area contributed by atoms with Crippen molar-refractivity contribution < 1.29 is 27.5 Å². The second kappa shape index (κ2) is 10.5. The molecule has 1 aromatic heterocycles. The molecule has 0 aliphatic rings. The summed E-state index contributed by atoms with van der Waals surface area (Å²) in [4.78, 5) is 40.5. The van der Waals surface area contributed by atoms with Crippen LogP contribution in [0.1, 0.15) is 20.7 Å². The van der Waals surface area contributed by atoms with Gasteiger partial charge in [-0.25, -0.2) is 22.5 Å². The molecule has 178 valence electrons. The van der Waals surface area contributed by atoms with Crippen molar-refractivity contribution in [3.05, 3.63) is 65.0 Å². The molecule has 0 saturated heterocycles. The molecule has 0 atom stereocenters. The lowest BCUT2D eigenvalue weighted by Gasteiger charge is -2.12. The van der Waals surface area contributed by atoms with Gasteiger partial charge < -0.3 is 15.4 Å². The summed E-state index contributed by atoms with van der Waals surface area (Å²) < 4.78 is 30.2. The number of carbonyl (C=O) groups is 3. The summed E-state index contributed by atoms with van der Waals surface area (Å²) in [6, 6.07) is 12.2. The predicted molar refractivity (Wildman–Crippen MR) is 127 cm³/mol. The number of methoxy groups -OCH3 is 1. The lowest BCUT2D eigenvalue weighted by Crippen LogP contribution is -2.33. The molecule has 0 fully saturated rings. The first-order chi connectivity index (χ1) is 16.1. The molecule has 3 aromatic rings. The van der Waals surface area contributed by atoms with E-state index in [1.165, 1.54) is 56.8 Å². The lowest BCUT2D eigenvalue weighted by atomic mass is 10.1. The van der Waals surface area contributed by atoms with Crippen LogP contribution in [0.15, 0.2) is 58.8 Å². The van der Waals surface area contributed by atoms with Crippen molar-refractivity contribution >= 4 is 44.3 Å². The molecule has 3 rings (SSSR count). The Morgan fingerprint density at radius 1 is 1.06 bits per heavy atom. The summed E-state index contributed by atoms with van der Waals surface area (Å²) in [6.07, 6.45) is 0. The van der Waals surface area contributed by atoms with Gasteiger partial charge in [-0.3, -0.25) is 9.59 Å². The number of benzene rings is 2. The first kappa shape index (κ1) is 25.0. The minimum absolute atomic E-state index is 0.0236. The Balaban J connectivity index is 1.58. The van der Waals surface area contributed by atoms with Gasteiger partial charge in [-0.2, -0.15) is 0 Å². The highest BCUT2D eigenvalue weighted by Gasteiger charge is 2.19. The molecule has 0 radical (unpaired) electrons. The fourth-order valence-electron chi connectivity index (χ4n) is 2.79. The van der Waals surface area contributed by atoms with E-state index in [9.17, 15) is 22.8 Å². The van der Waals surface area contributed by atoms with Gasteiger partial charge in [0.1, 0.15) is 0 Å². The third-order valence-electron chi connectivity index (χ3n) is 4.64. The maximum Gasteiger partial charge on any atom is 0.337 e. The number of anilines is 1. The minimum atomic E-state index is -3.69. The van der Waals surface area contributed by atoms with E-state index in [0.29, 0.717) is 16.4 Å². The summed E-state index contributed by atoms with van der Waals surface area (Å²) >= 11 is 1.21. The van der Waals surface area contributed by atoms with Crippen LogP contribution in [0, 0.1) is 0 Å². The van der Waals surface area contributed by atoms with E-state index in [4.69, 9.17) is 0 Å². The molecule has 2 aromatic carbocycles.